The van der Waals surface area contributed by atoms with Gasteiger partial charge in [-0.05, 0) is 34.0 Å². The highest BCUT2D eigenvalue weighted by Crippen LogP contribution is 2.09. The van der Waals surface area contributed by atoms with Crippen LogP contribution in [-0.4, -0.2) is 4.57 Å². The second-order valence-corrected chi connectivity index (χ2v) is 4.71. The maximum Gasteiger partial charge on any atom is 0.264 e. The van der Waals surface area contributed by atoms with Gasteiger partial charge in [0.25, 0.3) is 5.56 Å². The Morgan fingerprint density at radius 3 is 2.65 bits per heavy atom. The van der Waals surface area contributed by atoms with Gasteiger partial charge in [-0.15, -0.1) is 0 Å². The maximum atomic E-state index is 11.8. The molecule has 1 heterocycles. The number of benzene rings is 1. The quantitative estimate of drug-likeness (QED) is 0.945. The highest BCUT2D eigenvalue weighted by atomic mass is 79.9. The SMILES string of the molecule is Nc1cc(Br)c(=O)n(CCc2ccccc2)c1. The maximum absolute atomic E-state index is 11.8. The number of nitrogens with two attached hydrogens (primary N) is 1. The number of nitrogen functional groups attached to an aromatic ring is 1. The second kappa shape index (κ2) is 5.19. The fourth-order valence-corrected chi connectivity index (χ4v) is 2.17. The minimum absolute atomic E-state index is 0.0462. The van der Waals surface area contributed by atoms with Crippen LogP contribution in [0.3, 0.4) is 0 Å². The van der Waals surface area contributed by atoms with Gasteiger partial charge >= 0.3 is 0 Å². The first-order valence-corrected chi connectivity index (χ1v) is 6.15. The van der Waals surface area contributed by atoms with E-state index in [0.717, 1.165) is 6.42 Å². The van der Waals surface area contributed by atoms with Crippen molar-refractivity contribution in [3.8, 4) is 0 Å². The van der Waals surface area contributed by atoms with Gasteiger partial charge < -0.3 is 10.3 Å². The van der Waals surface area contributed by atoms with Crippen molar-refractivity contribution in [1.82, 2.24) is 4.57 Å². The van der Waals surface area contributed by atoms with Gasteiger partial charge in [-0.3, -0.25) is 4.79 Å². The van der Waals surface area contributed by atoms with E-state index in [2.05, 4.69) is 15.9 Å². The van der Waals surface area contributed by atoms with Crippen molar-refractivity contribution in [2.75, 3.05) is 5.73 Å². The van der Waals surface area contributed by atoms with Crippen molar-refractivity contribution in [3.05, 3.63) is 63.0 Å². The summed E-state index contributed by atoms with van der Waals surface area (Å²) in [5.41, 5.74) is 7.46. The Morgan fingerprint density at radius 2 is 1.94 bits per heavy atom. The van der Waals surface area contributed by atoms with Crippen LogP contribution < -0.4 is 11.3 Å². The zero-order valence-electron chi connectivity index (χ0n) is 9.27. The smallest absolute Gasteiger partial charge is 0.264 e. The fourth-order valence-electron chi connectivity index (χ4n) is 1.68. The average Bonchev–Trinajstić information content (AvgIpc) is 2.33. The lowest BCUT2D eigenvalue weighted by Crippen LogP contribution is -2.21. The molecule has 0 saturated heterocycles. The summed E-state index contributed by atoms with van der Waals surface area (Å²) in [6, 6.07) is 11.7. The Balaban J connectivity index is 2.17. The Labute approximate surface area is 108 Å². The minimum Gasteiger partial charge on any atom is -0.398 e. The number of pyridine rings is 1. The van der Waals surface area contributed by atoms with E-state index >= 15 is 0 Å². The van der Waals surface area contributed by atoms with E-state index in [9.17, 15) is 4.79 Å². The molecule has 88 valence electrons. The van der Waals surface area contributed by atoms with Crippen molar-refractivity contribution in [1.29, 1.82) is 0 Å². The first-order chi connectivity index (χ1) is 8.16. The van der Waals surface area contributed by atoms with Crippen LogP contribution in [0, 0.1) is 0 Å². The first-order valence-electron chi connectivity index (χ1n) is 5.36. The number of anilines is 1. The average molecular weight is 293 g/mol. The number of nitrogens with zero attached hydrogens (tertiary/aromatic N) is 1. The molecule has 0 amide bonds. The molecule has 4 heteroatoms. The molecule has 0 unspecified atom stereocenters. The molecule has 0 fully saturated rings. The van der Waals surface area contributed by atoms with Gasteiger partial charge in [0.05, 0.1) is 4.47 Å². The third-order valence-corrected chi connectivity index (χ3v) is 3.12. The van der Waals surface area contributed by atoms with Gasteiger partial charge in [0.15, 0.2) is 0 Å². The van der Waals surface area contributed by atoms with Crippen molar-refractivity contribution >= 4 is 21.6 Å². The third-order valence-electron chi connectivity index (χ3n) is 2.55. The summed E-state index contributed by atoms with van der Waals surface area (Å²) in [6.07, 6.45) is 2.49. The van der Waals surface area contributed by atoms with E-state index in [1.807, 2.05) is 30.3 Å². The molecule has 2 aromatic rings. The zero-order valence-corrected chi connectivity index (χ0v) is 10.9. The van der Waals surface area contributed by atoms with E-state index in [4.69, 9.17) is 5.73 Å². The number of hydrogen-bond acceptors (Lipinski definition) is 2. The predicted octanol–water partition coefficient (Wildman–Crippen LogP) is 2.44. The molecule has 0 spiro atoms. The highest BCUT2D eigenvalue weighted by Gasteiger charge is 2.02. The summed E-state index contributed by atoms with van der Waals surface area (Å²) in [5.74, 6) is 0. The topological polar surface area (TPSA) is 48.0 Å². The van der Waals surface area contributed by atoms with Crippen molar-refractivity contribution in [2.24, 2.45) is 0 Å². The molecule has 0 atom stereocenters. The lowest BCUT2D eigenvalue weighted by atomic mass is 10.1. The summed E-state index contributed by atoms with van der Waals surface area (Å²) in [7, 11) is 0. The second-order valence-electron chi connectivity index (χ2n) is 3.86. The van der Waals surface area contributed by atoms with E-state index in [-0.39, 0.29) is 5.56 Å². The van der Waals surface area contributed by atoms with Crippen LogP contribution in [0.2, 0.25) is 0 Å². The number of halogens is 1. The third kappa shape index (κ3) is 2.97. The molecule has 0 aliphatic carbocycles. The van der Waals surface area contributed by atoms with Crippen LogP contribution in [0.1, 0.15) is 5.56 Å². The Hall–Kier alpha value is -1.55. The molecular weight excluding hydrogens is 280 g/mol. The molecule has 17 heavy (non-hydrogen) atoms. The van der Waals surface area contributed by atoms with Gasteiger partial charge in [-0.1, -0.05) is 30.3 Å². The van der Waals surface area contributed by atoms with Gasteiger partial charge in [0, 0.05) is 18.4 Å². The summed E-state index contributed by atoms with van der Waals surface area (Å²) in [4.78, 5) is 11.8. The molecule has 2 rings (SSSR count). The monoisotopic (exact) mass is 292 g/mol. The van der Waals surface area contributed by atoms with Gasteiger partial charge in [-0.25, -0.2) is 0 Å². The number of rotatable bonds is 3. The van der Waals surface area contributed by atoms with Crippen molar-refractivity contribution in [2.45, 2.75) is 13.0 Å². The van der Waals surface area contributed by atoms with Gasteiger partial charge in [0.1, 0.15) is 0 Å². The number of aromatic nitrogens is 1. The molecule has 3 nitrogen and oxygen atoms in total. The zero-order chi connectivity index (χ0) is 12.3. The van der Waals surface area contributed by atoms with Crippen LogP contribution in [0.25, 0.3) is 0 Å². The van der Waals surface area contributed by atoms with Crippen LogP contribution in [-0.2, 0) is 13.0 Å². The molecule has 0 radical (unpaired) electrons. The largest absolute Gasteiger partial charge is 0.398 e. The Kier molecular flexibility index (Phi) is 3.64. The standard InChI is InChI=1S/C13H13BrN2O/c14-12-8-11(15)9-16(13(12)17)7-6-10-4-2-1-3-5-10/h1-5,8-9H,6-7,15H2. The Morgan fingerprint density at radius 1 is 1.24 bits per heavy atom. The number of hydrogen-bond donors (Lipinski definition) is 1. The van der Waals surface area contributed by atoms with E-state index in [1.54, 1.807) is 16.8 Å². The molecule has 1 aromatic carbocycles. The van der Waals surface area contributed by atoms with Crippen LogP contribution in [0.5, 0.6) is 0 Å². The summed E-state index contributed by atoms with van der Waals surface area (Å²) in [5, 5.41) is 0. The minimum atomic E-state index is -0.0462. The van der Waals surface area contributed by atoms with E-state index < -0.39 is 0 Å². The number of aryl methyl sites for hydroxylation is 2. The highest BCUT2D eigenvalue weighted by molar-refractivity contribution is 9.10. The fraction of sp³-hybridized carbons (Fsp3) is 0.154. The van der Waals surface area contributed by atoms with Crippen molar-refractivity contribution < 1.29 is 0 Å². The van der Waals surface area contributed by atoms with Crippen molar-refractivity contribution in [3.63, 3.8) is 0 Å². The van der Waals surface area contributed by atoms with E-state index in [1.165, 1.54) is 5.56 Å². The molecule has 0 aliphatic heterocycles. The van der Waals surface area contributed by atoms with Gasteiger partial charge in [0.2, 0.25) is 0 Å². The van der Waals surface area contributed by atoms with Crippen LogP contribution in [0.15, 0.2) is 51.9 Å². The molecular formula is C13H13BrN2O. The van der Waals surface area contributed by atoms with Crippen LogP contribution in [0.4, 0.5) is 5.69 Å². The first kappa shape index (κ1) is 11.9. The Bertz CT molecular complexity index is 563. The molecule has 0 saturated carbocycles. The summed E-state index contributed by atoms with van der Waals surface area (Å²) in [6.45, 7) is 0.631. The lowest BCUT2D eigenvalue weighted by Gasteiger charge is -2.07. The van der Waals surface area contributed by atoms with Gasteiger partial charge in [-0.2, -0.15) is 0 Å². The van der Waals surface area contributed by atoms with E-state index in [0.29, 0.717) is 16.7 Å². The summed E-state index contributed by atoms with van der Waals surface area (Å²) < 4.78 is 2.14. The molecule has 1 aromatic heterocycles. The van der Waals surface area contributed by atoms with Crippen LogP contribution >= 0.6 is 15.9 Å². The lowest BCUT2D eigenvalue weighted by molar-refractivity contribution is 0.668. The molecule has 2 N–H and O–H groups in total. The normalized spacial score (nSPS) is 10.4. The molecule has 0 bridgehead atoms. The molecule has 0 aliphatic rings. The summed E-state index contributed by atoms with van der Waals surface area (Å²) >= 11 is 3.21. The predicted molar refractivity (Wildman–Crippen MR) is 73.0 cm³/mol.